The number of nitrogens with one attached hydrogen (secondary N) is 1. The second-order valence-corrected chi connectivity index (χ2v) is 6.87. The van der Waals surface area contributed by atoms with Crippen molar-refractivity contribution in [3.05, 3.63) is 76.5 Å². The Hall–Kier alpha value is -3.52. The fraction of sp³-hybridized carbons (Fsp3) is 0.0500. The molecule has 1 amide bonds. The van der Waals surface area contributed by atoms with E-state index in [1.807, 2.05) is 0 Å². The Morgan fingerprint density at radius 3 is 2.93 bits per heavy atom. The number of hydrogen-bond donors (Lipinski definition) is 2. The summed E-state index contributed by atoms with van der Waals surface area (Å²) in [7, 11) is 0. The molecule has 6 nitrogen and oxygen atoms in total. The zero-order chi connectivity index (χ0) is 19.7. The maximum Gasteiger partial charge on any atom is 0.262 e. The van der Waals surface area contributed by atoms with Crippen LogP contribution >= 0.6 is 11.3 Å². The molecule has 4 rings (SSSR count). The summed E-state index contributed by atoms with van der Waals surface area (Å²) in [6.45, 7) is 1.59. The third-order valence-electron chi connectivity index (χ3n) is 4.09. The summed E-state index contributed by atoms with van der Waals surface area (Å²) >= 11 is 1.28. The molecule has 0 unspecified atom stereocenters. The van der Waals surface area contributed by atoms with Gasteiger partial charge in [0.25, 0.3) is 5.91 Å². The number of carbonyl (C=O) groups excluding carboxylic acids is 1. The van der Waals surface area contributed by atoms with Crippen molar-refractivity contribution in [2.75, 3.05) is 5.32 Å². The van der Waals surface area contributed by atoms with E-state index in [1.54, 1.807) is 36.7 Å². The summed E-state index contributed by atoms with van der Waals surface area (Å²) in [5.41, 5.74) is 1.18. The molecule has 0 aliphatic rings. The second-order valence-electron chi connectivity index (χ2n) is 5.97. The molecule has 0 aliphatic carbocycles. The molecule has 2 aromatic carbocycles. The minimum atomic E-state index is -0.457. The van der Waals surface area contributed by atoms with Crippen molar-refractivity contribution in [1.82, 2.24) is 4.98 Å². The summed E-state index contributed by atoms with van der Waals surface area (Å²) in [6.07, 6.45) is 1.58. The van der Waals surface area contributed by atoms with Gasteiger partial charge in [0, 0.05) is 28.6 Å². The van der Waals surface area contributed by atoms with E-state index in [4.69, 9.17) is 4.42 Å². The molecular weight excluding hydrogens is 381 g/mol. The number of nitrogens with zero attached hydrogens (tertiary/aromatic N) is 2. The summed E-state index contributed by atoms with van der Waals surface area (Å²) in [5.74, 6) is -0.848. The molecule has 140 valence electrons. The van der Waals surface area contributed by atoms with Crippen LogP contribution in [0.5, 0.6) is 5.75 Å². The second kappa shape index (κ2) is 7.24. The van der Waals surface area contributed by atoms with Crippen LogP contribution in [0.25, 0.3) is 11.0 Å². The number of hydrogen-bond acceptors (Lipinski definition) is 6. The number of aromatic hydroxyl groups is 1. The maximum atomic E-state index is 13.9. The molecule has 0 bridgehead atoms. The lowest BCUT2D eigenvalue weighted by atomic mass is 10.1. The Labute approximate surface area is 162 Å². The van der Waals surface area contributed by atoms with Crippen molar-refractivity contribution >= 4 is 39.0 Å². The monoisotopic (exact) mass is 395 g/mol. The number of rotatable bonds is 3. The number of phenols is 1. The van der Waals surface area contributed by atoms with E-state index >= 15 is 0 Å². The van der Waals surface area contributed by atoms with E-state index in [0.29, 0.717) is 27.4 Å². The smallest absolute Gasteiger partial charge is 0.262 e. The van der Waals surface area contributed by atoms with Gasteiger partial charge in [-0.2, -0.15) is 0 Å². The fourth-order valence-electron chi connectivity index (χ4n) is 2.63. The number of anilines is 1. The molecule has 0 radical (unpaired) electrons. The first-order chi connectivity index (χ1) is 13.5. The summed E-state index contributed by atoms with van der Waals surface area (Å²) in [5, 5.41) is 15.2. The van der Waals surface area contributed by atoms with Gasteiger partial charge in [-0.25, -0.2) is 14.4 Å². The van der Waals surface area contributed by atoms with Crippen LogP contribution in [-0.4, -0.2) is 16.0 Å². The SMILES string of the molecule is Cc1c(F)cccc1N=c1oc2cc(O)ccc2cc1C(=O)Nc1nccs1. The van der Waals surface area contributed by atoms with Crippen molar-refractivity contribution < 1.29 is 18.7 Å². The van der Waals surface area contributed by atoms with Crippen molar-refractivity contribution in [3.8, 4) is 5.75 Å². The molecule has 0 aliphatic heterocycles. The molecule has 28 heavy (non-hydrogen) atoms. The highest BCUT2D eigenvalue weighted by Crippen LogP contribution is 2.23. The van der Waals surface area contributed by atoms with Gasteiger partial charge in [-0.3, -0.25) is 10.1 Å². The highest BCUT2D eigenvalue weighted by molar-refractivity contribution is 7.13. The van der Waals surface area contributed by atoms with Crippen LogP contribution in [0.4, 0.5) is 15.2 Å². The first-order valence-electron chi connectivity index (χ1n) is 8.29. The van der Waals surface area contributed by atoms with Crippen LogP contribution in [-0.2, 0) is 0 Å². The van der Waals surface area contributed by atoms with Crippen LogP contribution in [0.2, 0.25) is 0 Å². The number of phenolic OH excluding ortho intramolecular Hbond substituents is 1. The van der Waals surface area contributed by atoms with Crippen LogP contribution in [0.3, 0.4) is 0 Å². The first-order valence-corrected chi connectivity index (χ1v) is 9.17. The fourth-order valence-corrected chi connectivity index (χ4v) is 3.15. The number of thiazole rings is 1. The lowest BCUT2D eigenvalue weighted by Crippen LogP contribution is -2.21. The predicted molar refractivity (Wildman–Crippen MR) is 104 cm³/mol. The summed E-state index contributed by atoms with van der Waals surface area (Å²) in [6, 6.07) is 10.6. The van der Waals surface area contributed by atoms with Gasteiger partial charge < -0.3 is 9.52 Å². The topological polar surface area (TPSA) is 87.7 Å². The molecular formula is C20H14FN3O3S. The number of benzene rings is 2. The lowest BCUT2D eigenvalue weighted by Gasteiger charge is -2.06. The van der Waals surface area contributed by atoms with Crippen LogP contribution in [0.15, 0.2) is 63.5 Å². The largest absolute Gasteiger partial charge is 0.508 e. The van der Waals surface area contributed by atoms with Crippen LogP contribution in [0.1, 0.15) is 15.9 Å². The Morgan fingerprint density at radius 1 is 1.29 bits per heavy atom. The molecule has 4 aromatic rings. The third kappa shape index (κ3) is 3.49. The van der Waals surface area contributed by atoms with Gasteiger partial charge in [-0.1, -0.05) is 6.07 Å². The van der Waals surface area contributed by atoms with E-state index in [0.717, 1.165) is 0 Å². The molecule has 0 fully saturated rings. The number of carbonyl (C=O) groups is 1. The Morgan fingerprint density at radius 2 is 2.14 bits per heavy atom. The molecule has 2 aromatic heterocycles. The zero-order valence-corrected chi connectivity index (χ0v) is 15.5. The van der Waals surface area contributed by atoms with Crippen molar-refractivity contribution in [2.24, 2.45) is 4.99 Å². The Balaban J connectivity index is 1.92. The van der Waals surface area contributed by atoms with Gasteiger partial charge in [-0.15, -0.1) is 11.3 Å². The van der Waals surface area contributed by atoms with E-state index in [2.05, 4.69) is 15.3 Å². The average molecular weight is 395 g/mol. The van der Waals surface area contributed by atoms with Crippen molar-refractivity contribution in [2.45, 2.75) is 6.92 Å². The molecule has 0 spiro atoms. The average Bonchev–Trinajstić information content (AvgIpc) is 3.17. The van der Waals surface area contributed by atoms with Gasteiger partial charge in [0.15, 0.2) is 5.13 Å². The normalized spacial score (nSPS) is 11.7. The summed E-state index contributed by atoms with van der Waals surface area (Å²) < 4.78 is 19.7. The number of amides is 1. The van der Waals surface area contributed by atoms with Gasteiger partial charge in [0.1, 0.15) is 22.7 Å². The van der Waals surface area contributed by atoms with Crippen molar-refractivity contribution in [1.29, 1.82) is 0 Å². The van der Waals surface area contributed by atoms with E-state index in [9.17, 15) is 14.3 Å². The maximum absolute atomic E-state index is 13.9. The number of aromatic nitrogens is 1. The van der Waals surface area contributed by atoms with Gasteiger partial charge >= 0.3 is 0 Å². The molecule has 8 heteroatoms. The Kier molecular flexibility index (Phi) is 4.62. The van der Waals surface area contributed by atoms with E-state index < -0.39 is 11.7 Å². The van der Waals surface area contributed by atoms with Crippen molar-refractivity contribution in [3.63, 3.8) is 0 Å². The highest BCUT2D eigenvalue weighted by Gasteiger charge is 2.15. The minimum absolute atomic E-state index is 0.000793. The molecule has 2 heterocycles. The molecule has 2 N–H and O–H groups in total. The van der Waals surface area contributed by atoms with E-state index in [1.165, 1.54) is 35.6 Å². The quantitative estimate of drug-likeness (QED) is 0.534. The first kappa shape index (κ1) is 17.9. The number of halogens is 1. The molecule has 0 saturated carbocycles. The molecule has 0 saturated heterocycles. The standard InChI is InChI=1S/C20H14FN3O3S/c1-11-15(21)3-2-4-16(11)23-19-14(18(26)24-20-22-7-8-28-20)9-12-5-6-13(25)10-17(12)27-19/h2-10,25H,1H3,(H,22,24,26). The van der Waals surface area contributed by atoms with Gasteiger partial charge in [0.05, 0.1) is 5.69 Å². The van der Waals surface area contributed by atoms with E-state index in [-0.39, 0.29) is 16.9 Å². The number of fused-ring (bicyclic) bond motifs is 1. The molecule has 0 atom stereocenters. The predicted octanol–water partition coefficient (Wildman–Crippen LogP) is 4.53. The van der Waals surface area contributed by atoms with Crippen LogP contribution < -0.4 is 10.9 Å². The Bertz CT molecular complexity index is 1250. The third-order valence-corrected chi connectivity index (χ3v) is 4.78. The van der Waals surface area contributed by atoms with Gasteiger partial charge in [-0.05, 0) is 37.3 Å². The van der Waals surface area contributed by atoms with Gasteiger partial charge in [0.2, 0.25) is 5.55 Å². The lowest BCUT2D eigenvalue weighted by molar-refractivity contribution is 0.102. The van der Waals surface area contributed by atoms with Crippen LogP contribution in [0, 0.1) is 12.7 Å². The summed E-state index contributed by atoms with van der Waals surface area (Å²) in [4.78, 5) is 21.2. The zero-order valence-electron chi connectivity index (χ0n) is 14.6. The highest BCUT2D eigenvalue weighted by atomic mass is 32.1. The minimum Gasteiger partial charge on any atom is -0.508 e.